The highest BCUT2D eigenvalue weighted by atomic mass is 35.5. The van der Waals surface area contributed by atoms with Crippen LogP contribution in [0.15, 0.2) is 39.6 Å². The standard InChI is InChI=1S/C15H15Cl2NO2S/c1-10-6-7-11(20-10)8-18(2)14(19)9-21-15-12(16)4-3-5-13(15)17/h3-7H,8-9H2,1-2H3. The van der Waals surface area contributed by atoms with E-state index in [1.54, 1.807) is 30.1 Å². The number of nitrogens with zero attached hydrogens (tertiary/aromatic N) is 1. The minimum Gasteiger partial charge on any atom is -0.464 e. The summed E-state index contributed by atoms with van der Waals surface area (Å²) in [5, 5.41) is 1.12. The number of halogens is 2. The zero-order valence-electron chi connectivity index (χ0n) is 11.7. The lowest BCUT2D eigenvalue weighted by atomic mass is 10.4. The highest BCUT2D eigenvalue weighted by Gasteiger charge is 2.14. The third-order valence-electron chi connectivity index (χ3n) is 2.87. The number of furan rings is 1. The summed E-state index contributed by atoms with van der Waals surface area (Å²) in [5.41, 5.74) is 0. The molecular weight excluding hydrogens is 329 g/mol. The summed E-state index contributed by atoms with van der Waals surface area (Å²) >= 11 is 13.5. The molecule has 0 aliphatic heterocycles. The summed E-state index contributed by atoms with van der Waals surface area (Å²) < 4.78 is 5.46. The van der Waals surface area contributed by atoms with Crippen LogP contribution in [-0.4, -0.2) is 23.6 Å². The van der Waals surface area contributed by atoms with Crippen molar-refractivity contribution in [1.29, 1.82) is 0 Å². The molecular formula is C15H15Cl2NO2S. The Labute approximate surface area is 138 Å². The molecule has 0 saturated carbocycles. The van der Waals surface area contributed by atoms with Crippen LogP contribution in [0.5, 0.6) is 0 Å². The third-order valence-corrected chi connectivity index (χ3v) is 4.85. The van der Waals surface area contributed by atoms with Gasteiger partial charge in [-0.3, -0.25) is 4.79 Å². The van der Waals surface area contributed by atoms with Gasteiger partial charge in [0, 0.05) is 11.9 Å². The van der Waals surface area contributed by atoms with Gasteiger partial charge in [-0.05, 0) is 31.2 Å². The Bertz CT molecular complexity index is 622. The lowest BCUT2D eigenvalue weighted by Crippen LogP contribution is -2.27. The molecule has 0 fully saturated rings. The first-order chi connectivity index (χ1) is 9.97. The maximum absolute atomic E-state index is 12.1. The predicted octanol–water partition coefficient (Wildman–Crippen LogP) is 4.65. The number of rotatable bonds is 5. The van der Waals surface area contributed by atoms with Crippen molar-refractivity contribution in [1.82, 2.24) is 4.90 Å². The fourth-order valence-electron chi connectivity index (χ4n) is 1.76. The first-order valence-corrected chi connectivity index (χ1v) is 8.07. The van der Waals surface area contributed by atoms with Gasteiger partial charge in [0.1, 0.15) is 11.5 Å². The van der Waals surface area contributed by atoms with E-state index in [1.807, 2.05) is 19.1 Å². The molecule has 0 aliphatic carbocycles. The molecule has 0 spiro atoms. The van der Waals surface area contributed by atoms with Crippen molar-refractivity contribution in [3.63, 3.8) is 0 Å². The van der Waals surface area contributed by atoms with Gasteiger partial charge in [-0.25, -0.2) is 0 Å². The van der Waals surface area contributed by atoms with E-state index < -0.39 is 0 Å². The van der Waals surface area contributed by atoms with Crippen LogP contribution in [0.3, 0.4) is 0 Å². The second-order valence-electron chi connectivity index (χ2n) is 4.60. The summed E-state index contributed by atoms with van der Waals surface area (Å²) in [4.78, 5) is 14.5. The quantitative estimate of drug-likeness (QED) is 0.741. The molecule has 0 saturated heterocycles. The predicted molar refractivity (Wildman–Crippen MR) is 87.1 cm³/mol. The molecule has 0 aliphatic rings. The Morgan fingerprint density at radius 1 is 1.24 bits per heavy atom. The third kappa shape index (κ3) is 4.43. The zero-order valence-corrected chi connectivity index (χ0v) is 14.1. The van der Waals surface area contributed by atoms with Crippen LogP contribution in [-0.2, 0) is 11.3 Å². The van der Waals surface area contributed by atoms with Crippen molar-refractivity contribution in [2.75, 3.05) is 12.8 Å². The topological polar surface area (TPSA) is 33.5 Å². The van der Waals surface area contributed by atoms with E-state index in [4.69, 9.17) is 27.6 Å². The van der Waals surface area contributed by atoms with Crippen LogP contribution in [0.1, 0.15) is 11.5 Å². The molecule has 1 amide bonds. The fraction of sp³-hybridized carbons (Fsp3) is 0.267. The van der Waals surface area contributed by atoms with Crippen molar-refractivity contribution in [2.24, 2.45) is 0 Å². The molecule has 2 rings (SSSR count). The summed E-state index contributed by atoms with van der Waals surface area (Å²) in [7, 11) is 1.74. The number of carbonyl (C=O) groups is 1. The molecule has 0 unspecified atom stereocenters. The van der Waals surface area contributed by atoms with Crippen molar-refractivity contribution in [3.05, 3.63) is 51.9 Å². The normalized spacial score (nSPS) is 10.7. The van der Waals surface area contributed by atoms with Gasteiger partial charge in [0.05, 0.1) is 22.3 Å². The molecule has 3 nitrogen and oxygen atoms in total. The van der Waals surface area contributed by atoms with E-state index in [1.165, 1.54) is 11.8 Å². The SMILES string of the molecule is Cc1ccc(CN(C)C(=O)CSc2c(Cl)cccc2Cl)o1. The van der Waals surface area contributed by atoms with Gasteiger partial charge in [0.15, 0.2) is 0 Å². The van der Waals surface area contributed by atoms with Crippen molar-refractivity contribution < 1.29 is 9.21 Å². The first-order valence-electron chi connectivity index (χ1n) is 6.33. The Morgan fingerprint density at radius 3 is 2.48 bits per heavy atom. The molecule has 112 valence electrons. The molecule has 0 N–H and O–H groups in total. The van der Waals surface area contributed by atoms with E-state index in [0.717, 1.165) is 16.4 Å². The maximum Gasteiger partial charge on any atom is 0.233 e. The fourth-order valence-corrected chi connectivity index (χ4v) is 3.38. The molecule has 6 heteroatoms. The van der Waals surface area contributed by atoms with Crippen LogP contribution in [0.4, 0.5) is 0 Å². The largest absolute Gasteiger partial charge is 0.464 e. The molecule has 1 heterocycles. The minimum atomic E-state index is -0.00922. The highest BCUT2D eigenvalue weighted by Crippen LogP contribution is 2.33. The maximum atomic E-state index is 12.1. The smallest absolute Gasteiger partial charge is 0.233 e. The van der Waals surface area contributed by atoms with Crippen LogP contribution in [0.25, 0.3) is 0 Å². The van der Waals surface area contributed by atoms with Crippen LogP contribution in [0.2, 0.25) is 10.0 Å². The Hall–Kier alpha value is -1.10. The van der Waals surface area contributed by atoms with Gasteiger partial charge < -0.3 is 9.32 Å². The monoisotopic (exact) mass is 343 g/mol. The zero-order chi connectivity index (χ0) is 15.4. The van der Waals surface area contributed by atoms with Gasteiger partial charge in [-0.15, -0.1) is 11.8 Å². The van der Waals surface area contributed by atoms with E-state index in [2.05, 4.69) is 0 Å². The Morgan fingerprint density at radius 2 is 1.90 bits per heavy atom. The van der Waals surface area contributed by atoms with Gasteiger partial charge in [0.25, 0.3) is 0 Å². The summed E-state index contributed by atoms with van der Waals surface area (Å²) in [6.07, 6.45) is 0. The van der Waals surface area contributed by atoms with E-state index >= 15 is 0 Å². The molecule has 1 aromatic carbocycles. The van der Waals surface area contributed by atoms with E-state index in [9.17, 15) is 4.79 Å². The summed E-state index contributed by atoms with van der Waals surface area (Å²) in [6, 6.07) is 9.05. The molecule has 0 radical (unpaired) electrons. The molecule has 21 heavy (non-hydrogen) atoms. The molecule has 2 aromatic rings. The van der Waals surface area contributed by atoms with E-state index in [0.29, 0.717) is 16.6 Å². The number of amides is 1. The average molecular weight is 344 g/mol. The number of hydrogen-bond acceptors (Lipinski definition) is 3. The number of thioether (sulfide) groups is 1. The van der Waals surface area contributed by atoms with Crippen molar-refractivity contribution in [3.8, 4) is 0 Å². The molecule has 0 atom stereocenters. The summed E-state index contributed by atoms with van der Waals surface area (Å²) in [6.45, 7) is 2.32. The average Bonchev–Trinajstić information content (AvgIpc) is 2.83. The number of benzene rings is 1. The van der Waals surface area contributed by atoms with Crippen LogP contribution < -0.4 is 0 Å². The molecule has 1 aromatic heterocycles. The number of aryl methyl sites for hydroxylation is 1. The van der Waals surface area contributed by atoms with Gasteiger partial charge in [-0.1, -0.05) is 29.3 Å². The Balaban J connectivity index is 1.92. The second kappa shape index (κ2) is 7.25. The number of hydrogen-bond donors (Lipinski definition) is 0. The lowest BCUT2D eigenvalue weighted by molar-refractivity contribution is -0.127. The summed E-state index contributed by atoms with van der Waals surface area (Å²) in [5.74, 6) is 1.87. The van der Waals surface area contributed by atoms with Crippen molar-refractivity contribution in [2.45, 2.75) is 18.4 Å². The van der Waals surface area contributed by atoms with E-state index in [-0.39, 0.29) is 11.7 Å². The number of carbonyl (C=O) groups excluding carboxylic acids is 1. The van der Waals surface area contributed by atoms with Crippen LogP contribution in [0, 0.1) is 6.92 Å². The minimum absolute atomic E-state index is 0.00922. The van der Waals surface area contributed by atoms with Gasteiger partial charge >= 0.3 is 0 Å². The lowest BCUT2D eigenvalue weighted by Gasteiger charge is -2.16. The second-order valence-corrected chi connectivity index (χ2v) is 6.40. The highest BCUT2D eigenvalue weighted by molar-refractivity contribution is 8.00. The first kappa shape index (κ1) is 16.3. The van der Waals surface area contributed by atoms with Crippen molar-refractivity contribution >= 4 is 40.9 Å². The van der Waals surface area contributed by atoms with Gasteiger partial charge in [-0.2, -0.15) is 0 Å². The Kier molecular flexibility index (Phi) is 5.62. The van der Waals surface area contributed by atoms with Crippen LogP contribution >= 0.6 is 35.0 Å². The molecule has 0 bridgehead atoms. The van der Waals surface area contributed by atoms with Gasteiger partial charge in [0.2, 0.25) is 5.91 Å².